The molecule has 0 fully saturated rings. The maximum atomic E-state index is 11.8. The van der Waals surface area contributed by atoms with E-state index in [0.717, 1.165) is 31.6 Å². The van der Waals surface area contributed by atoms with Gasteiger partial charge in [0.05, 0.1) is 0 Å². The van der Waals surface area contributed by atoms with Crippen molar-refractivity contribution in [1.82, 2.24) is 4.90 Å². The predicted molar refractivity (Wildman–Crippen MR) is 75.0 cm³/mol. The largest absolute Gasteiger partial charge is 0.304 e. The lowest BCUT2D eigenvalue weighted by molar-refractivity contribution is 0.0975. The highest BCUT2D eigenvalue weighted by atomic mass is 35.5. The summed E-state index contributed by atoms with van der Waals surface area (Å²) in [6, 6.07) is 9.54. The van der Waals surface area contributed by atoms with E-state index in [1.165, 1.54) is 0 Å². The first-order valence-electron chi connectivity index (χ1n) is 6.08. The Morgan fingerprint density at radius 2 is 1.71 bits per heavy atom. The van der Waals surface area contributed by atoms with Gasteiger partial charge in [0.25, 0.3) is 0 Å². The van der Waals surface area contributed by atoms with Gasteiger partial charge in [0.1, 0.15) is 0 Å². The molecule has 0 aliphatic heterocycles. The Hall–Kier alpha value is -0.860. The van der Waals surface area contributed by atoms with Crippen LogP contribution in [0.15, 0.2) is 30.3 Å². The van der Waals surface area contributed by atoms with E-state index in [-0.39, 0.29) is 18.2 Å². The molecule has 96 valence electrons. The summed E-state index contributed by atoms with van der Waals surface area (Å²) >= 11 is 0. The third-order valence-electron chi connectivity index (χ3n) is 2.87. The number of carbonyl (C=O) groups is 1. The highest BCUT2D eigenvalue weighted by molar-refractivity contribution is 5.95. The van der Waals surface area contributed by atoms with E-state index in [0.29, 0.717) is 6.42 Å². The minimum absolute atomic E-state index is 0. The molecular formula is C14H22ClNO. The van der Waals surface area contributed by atoms with Crippen LogP contribution in [0.5, 0.6) is 0 Å². The van der Waals surface area contributed by atoms with Crippen LogP contribution < -0.4 is 0 Å². The van der Waals surface area contributed by atoms with Gasteiger partial charge in [-0.25, -0.2) is 0 Å². The number of hydrogen-bond acceptors (Lipinski definition) is 2. The van der Waals surface area contributed by atoms with E-state index in [1.54, 1.807) is 0 Å². The highest BCUT2D eigenvalue weighted by Crippen LogP contribution is 2.05. The van der Waals surface area contributed by atoms with E-state index in [2.05, 4.69) is 18.7 Å². The SMILES string of the molecule is CCN(CC)CCCC(=O)c1ccccc1.Cl. The Morgan fingerprint density at radius 3 is 2.24 bits per heavy atom. The number of carbonyl (C=O) groups excluding carboxylic acids is 1. The van der Waals surface area contributed by atoms with E-state index < -0.39 is 0 Å². The average molecular weight is 256 g/mol. The molecule has 17 heavy (non-hydrogen) atoms. The molecule has 0 spiro atoms. The summed E-state index contributed by atoms with van der Waals surface area (Å²) < 4.78 is 0. The van der Waals surface area contributed by atoms with Crippen LogP contribution in [0.2, 0.25) is 0 Å². The van der Waals surface area contributed by atoms with Crippen molar-refractivity contribution < 1.29 is 4.79 Å². The van der Waals surface area contributed by atoms with Gasteiger partial charge in [0.15, 0.2) is 5.78 Å². The molecule has 2 nitrogen and oxygen atoms in total. The second-order valence-electron chi connectivity index (χ2n) is 3.92. The monoisotopic (exact) mass is 255 g/mol. The van der Waals surface area contributed by atoms with Crippen molar-refractivity contribution in [3.8, 4) is 0 Å². The molecule has 0 heterocycles. The summed E-state index contributed by atoms with van der Waals surface area (Å²) in [5, 5.41) is 0. The molecule has 0 aromatic heterocycles. The van der Waals surface area contributed by atoms with Crippen LogP contribution in [0.25, 0.3) is 0 Å². The zero-order valence-corrected chi connectivity index (χ0v) is 11.5. The second-order valence-corrected chi connectivity index (χ2v) is 3.92. The van der Waals surface area contributed by atoms with Crippen molar-refractivity contribution in [2.45, 2.75) is 26.7 Å². The molecule has 0 saturated heterocycles. The van der Waals surface area contributed by atoms with Crippen molar-refractivity contribution in [2.24, 2.45) is 0 Å². The third-order valence-corrected chi connectivity index (χ3v) is 2.87. The van der Waals surface area contributed by atoms with Gasteiger partial charge in [-0.15, -0.1) is 12.4 Å². The van der Waals surface area contributed by atoms with Gasteiger partial charge >= 0.3 is 0 Å². The smallest absolute Gasteiger partial charge is 0.162 e. The number of hydrogen-bond donors (Lipinski definition) is 0. The van der Waals surface area contributed by atoms with Crippen LogP contribution in [-0.2, 0) is 0 Å². The first-order chi connectivity index (χ1) is 7.77. The summed E-state index contributed by atoms with van der Waals surface area (Å²) in [7, 11) is 0. The Morgan fingerprint density at radius 1 is 1.12 bits per heavy atom. The van der Waals surface area contributed by atoms with Crippen LogP contribution in [0.1, 0.15) is 37.0 Å². The van der Waals surface area contributed by atoms with Gasteiger partial charge in [-0.2, -0.15) is 0 Å². The molecule has 0 aliphatic carbocycles. The number of nitrogens with zero attached hydrogens (tertiary/aromatic N) is 1. The Balaban J connectivity index is 0.00000256. The maximum Gasteiger partial charge on any atom is 0.162 e. The molecule has 0 radical (unpaired) electrons. The van der Waals surface area contributed by atoms with Crippen LogP contribution in [0.4, 0.5) is 0 Å². The summed E-state index contributed by atoms with van der Waals surface area (Å²) in [5.41, 5.74) is 0.835. The van der Waals surface area contributed by atoms with E-state index in [1.807, 2.05) is 30.3 Å². The van der Waals surface area contributed by atoms with Crippen molar-refractivity contribution in [3.63, 3.8) is 0 Å². The van der Waals surface area contributed by atoms with Crippen molar-refractivity contribution in [1.29, 1.82) is 0 Å². The average Bonchev–Trinajstić information content (AvgIpc) is 2.35. The molecule has 0 aliphatic rings. The molecule has 0 amide bonds. The Kier molecular flexibility index (Phi) is 8.73. The van der Waals surface area contributed by atoms with Crippen molar-refractivity contribution in [3.05, 3.63) is 35.9 Å². The van der Waals surface area contributed by atoms with Gasteiger partial charge in [-0.3, -0.25) is 4.79 Å². The molecule has 0 atom stereocenters. The molecule has 0 saturated carbocycles. The molecule has 3 heteroatoms. The summed E-state index contributed by atoms with van der Waals surface area (Å²) in [6.07, 6.45) is 1.61. The van der Waals surface area contributed by atoms with Gasteiger partial charge in [0.2, 0.25) is 0 Å². The maximum absolute atomic E-state index is 11.8. The van der Waals surface area contributed by atoms with Gasteiger partial charge in [0, 0.05) is 12.0 Å². The topological polar surface area (TPSA) is 20.3 Å². The quantitative estimate of drug-likeness (QED) is 0.696. The fraction of sp³-hybridized carbons (Fsp3) is 0.500. The van der Waals surface area contributed by atoms with Crippen LogP contribution in [0, 0.1) is 0 Å². The highest BCUT2D eigenvalue weighted by Gasteiger charge is 2.05. The van der Waals surface area contributed by atoms with Crippen LogP contribution in [0.3, 0.4) is 0 Å². The summed E-state index contributed by atoms with van der Waals surface area (Å²) in [5.74, 6) is 0.257. The number of benzene rings is 1. The molecule has 1 aromatic carbocycles. The standard InChI is InChI=1S/C14H21NO.ClH/c1-3-15(4-2)12-8-11-14(16)13-9-6-5-7-10-13;/h5-7,9-10H,3-4,8,11-12H2,1-2H3;1H. The van der Waals surface area contributed by atoms with E-state index in [9.17, 15) is 4.79 Å². The van der Waals surface area contributed by atoms with E-state index >= 15 is 0 Å². The normalized spacial score (nSPS) is 10.1. The van der Waals surface area contributed by atoms with E-state index in [4.69, 9.17) is 0 Å². The minimum Gasteiger partial charge on any atom is -0.304 e. The van der Waals surface area contributed by atoms with Crippen molar-refractivity contribution >= 4 is 18.2 Å². The lowest BCUT2D eigenvalue weighted by Gasteiger charge is -2.17. The number of Topliss-reactive ketones (excluding diaryl/α,β-unsaturated/α-hetero) is 1. The van der Waals surface area contributed by atoms with Gasteiger partial charge in [-0.05, 0) is 26.1 Å². The lowest BCUT2D eigenvalue weighted by Crippen LogP contribution is -2.24. The lowest BCUT2D eigenvalue weighted by atomic mass is 10.1. The second kappa shape index (κ2) is 9.20. The first-order valence-corrected chi connectivity index (χ1v) is 6.08. The number of ketones is 1. The zero-order valence-electron chi connectivity index (χ0n) is 10.7. The third kappa shape index (κ3) is 5.85. The summed E-state index contributed by atoms with van der Waals surface area (Å²) in [6.45, 7) is 7.46. The zero-order chi connectivity index (χ0) is 11.8. The Bertz CT molecular complexity index is 309. The molecule has 1 rings (SSSR count). The van der Waals surface area contributed by atoms with Crippen LogP contribution in [-0.4, -0.2) is 30.3 Å². The summed E-state index contributed by atoms with van der Waals surface area (Å²) in [4.78, 5) is 14.1. The number of halogens is 1. The van der Waals surface area contributed by atoms with Crippen molar-refractivity contribution in [2.75, 3.05) is 19.6 Å². The molecule has 0 N–H and O–H groups in total. The molecule has 0 bridgehead atoms. The first kappa shape index (κ1) is 16.1. The minimum atomic E-state index is 0. The molecule has 0 unspecified atom stereocenters. The Labute approximate surface area is 110 Å². The van der Waals surface area contributed by atoms with Crippen LogP contribution >= 0.6 is 12.4 Å². The fourth-order valence-electron chi connectivity index (χ4n) is 1.77. The number of rotatable bonds is 7. The van der Waals surface area contributed by atoms with Gasteiger partial charge < -0.3 is 4.90 Å². The molecular weight excluding hydrogens is 234 g/mol. The fourth-order valence-corrected chi connectivity index (χ4v) is 1.77. The predicted octanol–water partition coefficient (Wildman–Crippen LogP) is 3.41. The molecule has 1 aromatic rings. The van der Waals surface area contributed by atoms with Gasteiger partial charge in [-0.1, -0.05) is 44.2 Å².